The molecule has 0 N–H and O–H groups in total. The second kappa shape index (κ2) is 6.48. The Bertz CT molecular complexity index is 688. The molecule has 0 saturated heterocycles. The molecule has 1 aromatic heterocycles. The minimum absolute atomic E-state index is 0.0498. The minimum atomic E-state index is -4.45. The second-order valence-electron chi connectivity index (χ2n) is 4.71. The Morgan fingerprint density at radius 2 is 1.95 bits per heavy atom. The molecule has 7 heteroatoms. The normalized spacial score (nSPS) is 11.3. The summed E-state index contributed by atoms with van der Waals surface area (Å²) in [5.74, 6) is -0.397. The largest absolute Gasteiger partial charge is 0.416 e. The molecule has 0 saturated carbocycles. The molecule has 0 aliphatic rings. The van der Waals surface area contributed by atoms with Crippen LogP contribution in [0.5, 0.6) is 0 Å². The van der Waals surface area contributed by atoms with E-state index in [1.165, 1.54) is 42.5 Å². The molecule has 1 amide bonds. The summed E-state index contributed by atoms with van der Waals surface area (Å²) < 4.78 is 39.5. The molecule has 0 unspecified atom stereocenters. The number of carbonyl (C=O) groups is 1. The third kappa shape index (κ3) is 3.85. The van der Waals surface area contributed by atoms with Crippen molar-refractivity contribution in [3.63, 3.8) is 0 Å². The number of nitrogens with zero attached hydrogens (tertiary/aromatic N) is 2. The summed E-state index contributed by atoms with van der Waals surface area (Å²) in [5, 5.41) is 0. The number of pyridine rings is 1. The second-order valence-corrected chi connectivity index (χ2v) is 5.62. The van der Waals surface area contributed by atoms with Gasteiger partial charge in [0.15, 0.2) is 0 Å². The number of hydrogen-bond acceptors (Lipinski definition) is 2. The third-order valence-corrected chi connectivity index (χ3v) is 3.46. The van der Waals surface area contributed by atoms with Crippen LogP contribution >= 0.6 is 15.9 Å². The molecule has 22 heavy (non-hydrogen) atoms. The van der Waals surface area contributed by atoms with Crippen LogP contribution in [-0.2, 0) is 12.7 Å². The molecule has 0 aliphatic carbocycles. The highest BCUT2D eigenvalue weighted by Crippen LogP contribution is 2.32. The van der Waals surface area contributed by atoms with E-state index >= 15 is 0 Å². The van der Waals surface area contributed by atoms with E-state index in [-0.39, 0.29) is 12.1 Å². The van der Waals surface area contributed by atoms with Crippen molar-refractivity contribution < 1.29 is 18.0 Å². The number of halogens is 4. The van der Waals surface area contributed by atoms with Crippen LogP contribution in [0.1, 0.15) is 21.5 Å². The Hall–Kier alpha value is -1.89. The molecule has 0 spiro atoms. The summed E-state index contributed by atoms with van der Waals surface area (Å²) in [6, 6.07) is 6.79. The molecule has 0 fully saturated rings. The van der Waals surface area contributed by atoms with E-state index in [9.17, 15) is 18.0 Å². The highest BCUT2D eigenvalue weighted by Gasteiger charge is 2.33. The Labute approximate surface area is 133 Å². The third-order valence-electron chi connectivity index (χ3n) is 3.03. The van der Waals surface area contributed by atoms with Crippen LogP contribution in [0.2, 0.25) is 0 Å². The predicted molar refractivity (Wildman–Crippen MR) is 79.2 cm³/mol. The van der Waals surface area contributed by atoms with Gasteiger partial charge >= 0.3 is 6.18 Å². The van der Waals surface area contributed by atoms with Gasteiger partial charge in [0, 0.05) is 30.5 Å². The minimum Gasteiger partial charge on any atom is -0.337 e. The first-order chi connectivity index (χ1) is 10.3. The number of rotatable bonds is 3. The van der Waals surface area contributed by atoms with Crippen molar-refractivity contribution in [1.82, 2.24) is 9.88 Å². The molecule has 0 aliphatic heterocycles. The summed E-state index contributed by atoms with van der Waals surface area (Å²) >= 11 is 3.20. The first kappa shape index (κ1) is 16.5. The van der Waals surface area contributed by atoms with Gasteiger partial charge in [0.1, 0.15) is 0 Å². The van der Waals surface area contributed by atoms with Crippen molar-refractivity contribution in [1.29, 1.82) is 0 Å². The van der Waals surface area contributed by atoms with Crippen molar-refractivity contribution in [2.45, 2.75) is 12.7 Å². The van der Waals surface area contributed by atoms with Gasteiger partial charge in [0.05, 0.1) is 11.1 Å². The quantitative estimate of drug-likeness (QED) is 0.811. The van der Waals surface area contributed by atoms with Crippen molar-refractivity contribution in [3.8, 4) is 0 Å². The van der Waals surface area contributed by atoms with Crippen LogP contribution in [0.4, 0.5) is 13.2 Å². The Morgan fingerprint density at radius 3 is 2.59 bits per heavy atom. The fraction of sp³-hybridized carbons (Fsp3) is 0.200. The molecule has 1 aromatic carbocycles. The molecule has 2 rings (SSSR count). The van der Waals surface area contributed by atoms with Crippen LogP contribution in [0.15, 0.2) is 47.2 Å². The van der Waals surface area contributed by atoms with Crippen molar-refractivity contribution in [2.75, 3.05) is 7.05 Å². The lowest BCUT2D eigenvalue weighted by Crippen LogP contribution is -2.27. The Kier molecular flexibility index (Phi) is 4.85. The van der Waals surface area contributed by atoms with Crippen LogP contribution in [0, 0.1) is 0 Å². The van der Waals surface area contributed by atoms with Gasteiger partial charge in [0.2, 0.25) is 0 Å². The molecular formula is C15H12BrF3N2O. The topological polar surface area (TPSA) is 33.2 Å². The lowest BCUT2D eigenvalue weighted by Gasteiger charge is -2.20. The first-order valence-corrected chi connectivity index (χ1v) is 7.09. The Morgan fingerprint density at radius 1 is 1.27 bits per heavy atom. The van der Waals surface area contributed by atoms with Gasteiger partial charge in [0.25, 0.3) is 5.91 Å². The summed E-state index contributed by atoms with van der Waals surface area (Å²) in [4.78, 5) is 17.4. The smallest absolute Gasteiger partial charge is 0.337 e. The van der Waals surface area contributed by atoms with E-state index in [1.807, 2.05) is 0 Å². The summed E-state index contributed by atoms with van der Waals surface area (Å²) in [7, 11) is 1.45. The highest BCUT2D eigenvalue weighted by atomic mass is 79.9. The number of alkyl halides is 3. The monoisotopic (exact) mass is 372 g/mol. The standard InChI is InChI=1S/C15H12BrF3N2O/c1-21(14(22)11-6-12(16)8-20-7-11)9-10-4-2-3-5-13(10)15(17,18)19/h2-8H,9H2,1H3. The van der Waals surface area contributed by atoms with Crippen LogP contribution < -0.4 is 0 Å². The van der Waals surface area contributed by atoms with Crippen molar-refractivity contribution in [3.05, 3.63) is 63.9 Å². The lowest BCUT2D eigenvalue weighted by atomic mass is 10.1. The maximum absolute atomic E-state index is 13.0. The number of amides is 1. The molecule has 0 bridgehead atoms. The molecular weight excluding hydrogens is 361 g/mol. The van der Waals surface area contributed by atoms with Crippen LogP contribution in [-0.4, -0.2) is 22.8 Å². The van der Waals surface area contributed by atoms with E-state index in [4.69, 9.17) is 0 Å². The van der Waals surface area contributed by atoms with Gasteiger partial charge in [-0.3, -0.25) is 9.78 Å². The van der Waals surface area contributed by atoms with Crippen LogP contribution in [0.3, 0.4) is 0 Å². The van der Waals surface area contributed by atoms with E-state index in [0.29, 0.717) is 10.0 Å². The number of aromatic nitrogens is 1. The molecule has 3 nitrogen and oxygen atoms in total. The van der Waals surface area contributed by atoms with E-state index < -0.39 is 17.6 Å². The molecule has 0 radical (unpaired) electrons. The molecule has 116 valence electrons. The van der Waals surface area contributed by atoms with Gasteiger partial charge in [-0.1, -0.05) is 18.2 Å². The average molecular weight is 373 g/mol. The van der Waals surface area contributed by atoms with Gasteiger partial charge in [-0.05, 0) is 33.6 Å². The van der Waals surface area contributed by atoms with E-state index in [1.54, 1.807) is 6.07 Å². The maximum atomic E-state index is 13.0. The zero-order valence-electron chi connectivity index (χ0n) is 11.6. The zero-order chi connectivity index (χ0) is 16.3. The number of benzene rings is 1. The molecule has 0 atom stereocenters. The van der Waals surface area contributed by atoms with E-state index in [2.05, 4.69) is 20.9 Å². The summed E-state index contributed by atoms with van der Waals surface area (Å²) in [5.41, 5.74) is -0.378. The predicted octanol–water partition coefficient (Wildman–Crippen LogP) is 4.14. The Balaban J connectivity index is 2.23. The summed E-state index contributed by atoms with van der Waals surface area (Å²) in [6.45, 7) is -0.138. The maximum Gasteiger partial charge on any atom is 0.416 e. The fourth-order valence-corrected chi connectivity index (χ4v) is 2.38. The molecule has 1 heterocycles. The van der Waals surface area contributed by atoms with Gasteiger partial charge in [-0.25, -0.2) is 0 Å². The fourth-order valence-electron chi connectivity index (χ4n) is 2.01. The van der Waals surface area contributed by atoms with E-state index in [0.717, 1.165) is 6.07 Å². The van der Waals surface area contributed by atoms with Crippen molar-refractivity contribution >= 4 is 21.8 Å². The van der Waals surface area contributed by atoms with Gasteiger partial charge < -0.3 is 4.90 Å². The SMILES string of the molecule is CN(Cc1ccccc1C(F)(F)F)C(=O)c1cncc(Br)c1. The lowest BCUT2D eigenvalue weighted by molar-refractivity contribution is -0.138. The molecule has 2 aromatic rings. The average Bonchev–Trinajstić information content (AvgIpc) is 2.46. The van der Waals surface area contributed by atoms with Crippen LogP contribution in [0.25, 0.3) is 0 Å². The number of carbonyl (C=O) groups excluding carboxylic acids is 1. The zero-order valence-corrected chi connectivity index (χ0v) is 13.1. The highest BCUT2D eigenvalue weighted by molar-refractivity contribution is 9.10. The van der Waals surface area contributed by atoms with Gasteiger partial charge in [-0.2, -0.15) is 13.2 Å². The van der Waals surface area contributed by atoms with Gasteiger partial charge in [-0.15, -0.1) is 0 Å². The first-order valence-electron chi connectivity index (χ1n) is 6.30. The summed E-state index contributed by atoms with van der Waals surface area (Å²) in [6.07, 6.45) is -1.55. The van der Waals surface area contributed by atoms with Crippen molar-refractivity contribution in [2.24, 2.45) is 0 Å². The number of hydrogen-bond donors (Lipinski definition) is 0.